The van der Waals surface area contributed by atoms with Gasteiger partial charge in [-0.1, -0.05) is 25.5 Å². The van der Waals surface area contributed by atoms with Crippen LogP contribution in [0, 0.1) is 5.92 Å². The molecule has 1 N–H and O–H groups in total. The molecule has 1 aromatic carbocycles. The van der Waals surface area contributed by atoms with Crippen LogP contribution >= 0.6 is 0 Å². The molecule has 112 valence electrons. The van der Waals surface area contributed by atoms with Crippen LogP contribution in [0.4, 0.5) is 0 Å². The van der Waals surface area contributed by atoms with Crippen molar-refractivity contribution in [2.75, 3.05) is 11.5 Å². The number of fused-ring (bicyclic) bond motifs is 1. The topological polar surface area (TPSA) is 20.2 Å². The summed E-state index contributed by atoms with van der Waals surface area (Å²) < 4.78 is 0. The SMILES string of the molecule is C=CC[S+]1CCC23CCCCC2C1Cc1ccc(O)cc13. The first kappa shape index (κ1) is 13.8. The van der Waals surface area contributed by atoms with Crippen LogP contribution < -0.4 is 0 Å². The van der Waals surface area contributed by atoms with E-state index in [-0.39, 0.29) is 0 Å². The first-order valence-electron chi connectivity index (χ1n) is 8.34. The quantitative estimate of drug-likeness (QED) is 0.648. The van der Waals surface area contributed by atoms with Crippen LogP contribution in [0.5, 0.6) is 5.75 Å². The molecule has 1 aliphatic heterocycles. The number of hydrogen-bond acceptors (Lipinski definition) is 1. The minimum absolute atomic E-state index is 0.389. The molecule has 2 bridgehead atoms. The van der Waals surface area contributed by atoms with Gasteiger partial charge in [-0.3, -0.25) is 0 Å². The maximum absolute atomic E-state index is 10.00. The first-order valence-corrected chi connectivity index (χ1v) is 9.97. The summed E-state index contributed by atoms with van der Waals surface area (Å²) in [7, 11) is 0.531. The van der Waals surface area contributed by atoms with Crippen molar-refractivity contribution in [3.05, 3.63) is 42.0 Å². The van der Waals surface area contributed by atoms with Gasteiger partial charge in [-0.25, -0.2) is 0 Å². The van der Waals surface area contributed by atoms with Crippen molar-refractivity contribution < 1.29 is 5.11 Å². The van der Waals surface area contributed by atoms with Crippen molar-refractivity contribution in [3.63, 3.8) is 0 Å². The molecule has 2 heteroatoms. The lowest BCUT2D eigenvalue weighted by atomic mass is 9.55. The molecule has 4 atom stereocenters. The minimum Gasteiger partial charge on any atom is -0.508 e. The molecular weight excluding hydrogens is 276 g/mol. The van der Waals surface area contributed by atoms with Crippen LogP contribution in [0.15, 0.2) is 30.9 Å². The minimum atomic E-state index is 0.389. The van der Waals surface area contributed by atoms with Crippen molar-refractivity contribution in [2.24, 2.45) is 5.92 Å². The van der Waals surface area contributed by atoms with E-state index in [0.717, 1.165) is 11.2 Å². The molecule has 4 unspecified atom stereocenters. The Kier molecular flexibility index (Phi) is 3.33. The van der Waals surface area contributed by atoms with Gasteiger partial charge < -0.3 is 5.11 Å². The smallest absolute Gasteiger partial charge is 0.126 e. The molecule has 0 aromatic heterocycles. The maximum atomic E-state index is 10.00. The average molecular weight is 301 g/mol. The molecule has 0 spiro atoms. The highest BCUT2D eigenvalue weighted by atomic mass is 32.2. The van der Waals surface area contributed by atoms with E-state index >= 15 is 0 Å². The van der Waals surface area contributed by atoms with Crippen LogP contribution in [-0.4, -0.2) is 21.9 Å². The molecule has 21 heavy (non-hydrogen) atoms. The third-order valence-electron chi connectivity index (χ3n) is 6.17. The van der Waals surface area contributed by atoms with E-state index in [0.29, 0.717) is 22.1 Å². The molecular formula is C19H25OS+. The highest BCUT2D eigenvalue weighted by Crippen LogP contribution is 2.57. The highest BCUT2D eigenvalue weighted by molar-refractivity contribution is 7.97. The Bertz CT molecular complexity index is 567. The second-order valence-corrected chi connectivity index (χ2v) is 9.46. The molecule has 1 heterocycles. The molecule has 4 rings (SSSR count). The normalized spacial score (nSPS) is 37.4. The van der Waals surface area contributed by atoms with Gasteiger partial charge in [-0.2, -0.15) is 0 Å². The van der Waals surface area contributed by atoms with Gasteiger partial charge in [0.05, 0.1) is 0 Å². The van der Waals surface area contributed by atoms with Crippen molar-refractivity contribution in [1.82, 2.24) is 0 Å². The van der Waals surface area contributed by atoms with Crippen LogP contribution in [-0.2, 0) is 22.7 Å². The van der Waals surface area contributed by atoms with Crippen molar-refractivity contribution in [2.45, 2.75) is 49.2 Å². The molecule has 2 aliphatic carbocycles. The molecule has 3 aliphatic rings. The van der Waals surface area contributed by atoms with E-state index in [1.54, 1.807) is 0 Å². The first-order chi connectivity index (χ1) is 10.2. The highest BCUT2D eigenvalue weighted by Gasteiger charge is 2.58. The summed E-state index contributed by atoms with van der Waals surface area (Å²) in [5.41, 5.74) is 3.42. The number of benzene rings is 1. The Labute approximate surface area is 130 Å². The lowest BCUT2D eigenvalue weighted by Crippen LogP contribution is -2.57. The van der Waals surface area contributed by atoms with E-state index in [2.05, 4.69) is 24.8 Å². The zero-order valence-corrected chi connectivity index (χ0v) is 13.5. The summed E-state index contributed by atoms with van der Waals surface area (Å²) in [6.45, 7) is 3.99. The fraction of sp³-hybridized carbons (Fsp3) is 0.579. The van der Waals surface area contributed by atoms with Crippen LogP contribution in [0.25, 0.3) is 0 Å². The van der Waals surface area contributed by atoms with E-state index < -0.39 is 0 Å². The van der Waals surface area contributed by atoms with Crippen molar-refractivity contribution in [1.29, 1.82) is 0 Å². The Morgan fingerprint density at radius 3 is 3.10 bits per heavy atom. The number of hydrogen-bond donors (Lipinski definition) is 1. The maximum Gasteiger partial charge on any atom is 0.126 e. The summed E-state index contributed by atoms with van der Waals surface area (Å²) in [5, 5.41) is 10.9. The van der Waals surface area contributed by atoms with Gasteiger partial charge in [0.1, 0.15) is 22.5 Å². The number of phenols is 1. The van der Waals surface area contributed by atoms with E-state index in [4.69, 9.17) is 0 Å². The fourth-order valence-corrected chi connectivity index (χ4v) is 8.25. The lowest BCUT2D eigenvalue weighted by Gasteiger charge is -2.54. The van der Waals surface area contributed by atoms with Crippen LogP contribution in [0.3, 0.4) is 0 Å². The molecule has 0 radical (unpaired) electrons. The summed E-state index contributed by atoms with van der Waals surface area (Å²) in [4.78, 5) is 0. The predicted octanol–water partition coefficient (Wildman–Crippen LogP) is 3.95. The second kappa shape index (κ2) is 5.08. The van der Waals surface area contributed by atoms with Gasteiger partial charge in [-0.05, 0) is 53.1 Å². The van der Waals surface area contributed by atoms with E-state index in [1.807, 2.05) is 6.07 Å². The average Bonchev–Trinajstić information content (AvgIpc) is 2.51. The summed E-state index contributed by atoms with van der Waals surface area (Å²) in [5.74, 6) is 3.91. The van der Waals surface area contributed by atoms with Gasteiger partial charge in [0.15, 0.2) is 0 Å². The van der Waals surface area contributed by atoms with Crippen LogP contribution in [0.2, 0.25) is 0 Å². The molecule has 1 nitrogen and oxygen atoms in total. The summed E-state index contributed by atoms with van der Waals surface area (Å²) in [6, 6.07) is 6.19. The predicted molar refractivity (Wildman–Crippen MR) is 91.1 cm³/mol. The Morgan fingerprint density at radius 2 is 2.24 bits per heavy atom. The fourth-order valence-electron chi connectivity index (χ4n) is 5.33. The van der Waals surface area contributed by atoms with Crippen LogP contribution in [0.1, 0.15) is 43.2 Å². The van der Waals surface area contributed by atoms with E-state index in [9.17, 15) is 5.11 Å². The molecule has 2 fully saturated rings. The van der Waals surface area contributed by atoms with Gasteiger partial charge in [0.2, 0.25) is 0 Å². The summed E-state index contributed by atoms with van der Waals surface area (Å²) in [6.07, 6.45) is 10.2. The Balaban J connectivity index is 1.83. The number of phenolic OH excluding ortho intramolecular Hbond substituents is 1. The molecule has 1 saturated heterocycles. The molecule has 1 saturated carbocycles. The van der Waals surface area contributed by atoms with Gasteiger partial charge in [0.25, 0.3) is 0 Å². The monoisotopic (exact) mass is 301 g/mol. The molecule has 1 aromatic rings. The third kappa shape index (κ3) is 1.98. The van der Waals surface area contributed by atoms with Gasteiger partial charge >= 0.3 is 0 Å². The third-order valence-corrected chi connectivity index (χ3v) is 8.91. The largest absolute Gasteiger partial charge is 0.508 e. The number of aromatic hydroxyl groups is 1. The second-order valence-electron chi connectivity index (χ2n) is 7.04. The van der Waals surface area contributed by atoms with Gasteiger partial charge in [-0.15, -0.1) is 0 Å². The lowest BCUT2D eigenvalue weighted by molar-refractivity contribution is 0.151. The Hall–Kier alpha value is -0.890. The zero-order valence-electron chi connectivity index (χ0n) is 12.7. The molecule has 0 amide bonds. The van der Waals surface area contributed by atoms with Crippen molar-refractivity contribution in [3.8, 4) is 5.75 Å². The zero-order chi connectivity index (χ0) is 14.4. The number of rotatable bonds is 2. The van der Waals surface area contributed by atoms with E-state index in [1.165, 1.54) is 61.2 Å². The Morgan fingerprint density at radius 1 is 1.33 bits per heavy atom. The van der Waals surface area contributed by atoms with Crippen molar-refractivity contribution >= 4 is 10.9 Å². The summed E-state index contributed by atoms with van der Waals surface area (Å²) >= 11 is 0. The van der Waals surface area contributed by atoms with Gasteiger partial charge in [0, 0.05) is 24.2 Å². The standard InChI is InChI=1S/C19H24OS/c1-2-10-21-11-9-19-8-4-3-5-16(19)18(21)12-14-6-7-15(20)13-17(14)19/h2,6-7,13,16,18H,1,3-5,8-12H2/p+1.